The van der Waals surface area contributed by atoms with Crippen molar-refractivity contribution in [2.75, 3.05) is 33.4 Å². The van der Waals surface area contributed by atoms with Gasteiger partial charge in [0.1, 0.15) is 5.75 Å². The summed E-state index contributed by atoms with van der Waals surface area (Å²) in [5.74, 6) is -0.333. The normalized spacial score (nSPS) is 17.0. The van der Waals surface area contributed by atoms with Crippen molar-refractivity contribution in [2.24, 2.45) is 5.41 Å². The average molecular weight is 328 g/mol. The Morgan fingerprint density at radius 2 is 2.13 bits per heavy atom. The van der Waals surface area contributed by atoms with Gasteiger partial charge in [-0.05, 0) is 44.1 Å². The van der Waals surface area contributed by atoms with Crippen molar-refractivity contribution >= 4 is 5.91 Å². The summed E-state index contributed by atoms with van der Waals surface area (Å²) >= 11 is 0. The van der Waals surface area contributed by atoms with Gasteiger partial charge in [-0.25, -0.2) is 0 Å². The molecule has 1 amide bonds. The minimum absolute atomic E-state index is 0.0267. The van der Waals surface area contributed by atoms with Crippen LogP contribution in [-0.4, -0.2) is 45.9 Å². The van der Waals surface area contributed by atoms with Crippen LogP contribution in [0, 0.1) is 5.41 Å². The van der Waals surface area contributed by atoms with Crippen molar-refractivity contribution in [3.8, 4) is 5.75 Å². The fourth-order valence-corrected chi connectivity index (χ4v) is 2.82. The van der Waals surface area contributed by atoms with E-state index in [0.29, 0.717) is 18.7 Å². The van der Waals surface area contributed by atoms with E-state index in [-0.39, 0.29) is 17.1 Å². The molecule has 1 aliphatic rings. The summed E-state index contributed by atoms with van der Waals surface area (Å²) < 4.78 is 34.1. The predicted octanol–water partition coefficient (Wildman–Crippen LogP) is 2.03. The SMILES string of the molecule is COCC1(CNC(=O)c2cccc(OC(F)F)c2)CCNCC1. The van der Waals surface area contributed by atoms with Crippen LogP contribution in [0.4, 0.5) is 8.78 Å². The third kappa shape index (κ3) is 5.14. The van der Waals surface area contributed by atoms with Gasteiger partial charge in [-0.3, -0.25) is 4.79 Å². The fourth-order valence-electron chi connectivity index (χ4n) is 2.82. The van der Waals surface area contributed by atoms with Crippen molar-refractivity contribution in [1.29, 1.82) is 0 Å². The van der Waals surface area contributed by atoms with Crippen molar-refractivity contribution in [2.45, 2.75) is 19.5 Å². The van der Waals surface area contributed by atoms with E-state index in [9.17, 15) is 13.6 Å². The minimum Gasteiger partial charge on any atom is -0.435 e. The summed E-state index contributed by atoms with van der Waals surface area (Å²) in [5, 5.41) is 6.17. The highest BCUT2D eigenvalue weighted by Crippen LogP contribution is 2.28. The highest BCUT2D eigenvalue weighted by atomic mass is 19.3. The number of alkyl halides is 2. The molecule has 1 aromatic carbocycles. The molecule has 0 atom stereocenters. The number of piperidine rings is 1. The van der Waals surface area contributed by atoms with E-state index in [4.69, 9.17) is 4.74 Å². The lowest BCUT2D eigenvalue weighted by Gasteiger charge is -2.37. The molecule has 5 nitrogen and oxygen atoms in total. The van der Waals surface area contributed by atoms with E-state index in [2.05, 4.69) is 15.4 Å². The molecule has 0 radical (unpaired) electrons. The van der Waals surface area contributed by atoms with Crippen molar-refractivity contribution in [3.05, 3.63) is 29.8 Å². The van der Waals surface area contributed by atoms with E-state index in [1.807, 2.05) is 0 Å². The first-order valence-electron chi connectivity index (χ1n) is 7.57. The van der Waals surface area contributed by atoms with Crippen LogP contribution < -0.4 is 15.4 Å². The van der Waals surface area contributed by atoms with Gasteiger partial charge < -0.3 is 20.1 Å². The number of ether oxygens (including phenoxy) is 2. The minimum atomic E-state index is -2.91. The van der Waals surface area contributed by atoms with E-state index in [1.54, 1.807) is 13.2 Å². The lowest BCUT2D eigenvalue weighted by atomic mass is 9.79. The Labute approximate surface area is 134 Å². The number of carbonyl (C=O) groups is 1. The molecule has 23 heavy (non-hydrogen) atoms. The first-order chi connectivity index (χ1) is 11.0. The van der Waals surface area contributed by atoms with Gasteiger partial charge in [0.2, 0.25) is 0 Å². The van der Waals surface area contributed by atoms with Crippen LogP contribution >= 0.6 is 0 Å². The second-order valence-electron chi connectivity index (χ2n) is 5.77. The molecule has 1 aliphatic heterocycles. The Morgan fingerprint density at radius 1 is 1.39 bits per heavy atom. The molecule has 1 aromatic rings. The second kappa shape index (κ2) is 8.21. The number of benzene rings is 1. The quantitative estimate of drug-likeness (QED) is 0.804. The third-order valence-electron chi connectivity index (χ3n) is 4.06. The smallest absolute Gasteiger partial charge is 0.387 e. The van der Waals surface area contributed by atoms with Gasteiger partial charge in [-0.1, -0.05) is 6.07 Å². The van der Waals surface area contributed by atoms with Gasteiger partial charge >= 0.3 is 6.61 Å². The zero-order valence-electron chi connectivity index (χ0n) is 13.1. The maximum absolute atomic E-state index is 12.3. The Morgan fingerprint density at radius 3 is 2.78 bits per heavy atom. The zero-order chi connectivity index (χ0) is 16.7. The summed E-state index contributed by atoms with van der Waals surface area (Å²) in [6.07, 6.45) is 1.82. The summed E-state index contributed by atoms with van der Waals surface area (Å²) in [4.78, 5) is 12.3. The van der Waals surface area contributed by atoms with E-state index in [1.165, 1.54) is 18.2 Å². The molecule has 1 heterocycles. The fraction of sp³-hybridized carbons (Fsp3) is 0.562. The molecule has 0 unspecified atom stereocenters. The Hall–Kier alpha value is -1.73. The molecule has 0 bridgehead atoms. The second-order valence-corrected chi connectivity index (χ2v) is 5.77. The summed E-state index contributed by atoms with van der Waals surface area (Å²) in [5.41, 5.74) is 0.205. The van der Waals surface area contributed by atoms with E-state index < -0.39 is 6.61 Å². The predicted molar refractivity (Wildman–Crippen MR) is 81.8 cm³/mol. The van der Waals surface area contributed by atoms with Crippen molar-refractivity contribution in [3.63, 3.8) is 0 Å². The number of rotatable bonds is 7. The standard InChI is InChI=1S/C16H22F2N2O3/c1-22-11-16(5-7-19-8-6-16)10-20-14(21)12-3-2-4-13(9-12)23-15(17)18/h2-4,9,15,19H,5-8,10-11H2,1H3,(H,20,21). The number of hydrogen-bond acceptors (Lipinski definition) is 4. The lowest BCUT2D eigenvalue weighted by molar-refractivity contribution is -0.0498. The molecular formula is C16H22F2N2O3. The molecule has 128 valence electrons. The molecule has 2 rings (SSSR count). The van der Waals surface area contributed by atoms with Crippen LogP contribution in [0.15, 0.2) is 24.3 Å². The molecule has 7 heteroatoms. The molecule has 1 saturated heterocycles. The van der Waals surface area contributed by atoms with Crippen molar-refractivity contribution in [1.82, 2.24) is 10.6 Å². The van der Waals surface area contributed by atoms with Crippen LogP contribution in [0.25, 0.3) is 0 Å². The van der Waals surface area contributed by atoms with E-state index >= 15 is 0 Å². The zero-order valence-corrected chi connectivity index (χ0v) is 13.1. The van der Waals surface area contributed by atoms with Crippen LogP contribution in [0.2, 0.25) is 0 Å². The lowest BCUT2D eigenvalue weighted by Crippen LogP contribution is -2.47. The number of halogens is 2. The summed E-state index contributed by atoms with van der Waals surface area (Å²) in [6.45, 7) is -0.0772. The monoisotopic (exact) mass is 328 g/mol. The molecule has 2 N–H and O–H groups in total. The maximum Gasteiger partial charge on any atom is 0.387 e. The number of hydrogen-bond donors (Lipinski definition) is 2. The van der Waals surface area contributed by atoms with Crippen LogP contribution in [0.1, 0.15) is 23.2 Å². The van der Waals surface area contributed by atoms with Crippen molar-refractivity contribution < 1.29 is 23.0 Å². The molecule has 0 aromatic heterocycles. The third-order valence-corrected chi connectivity index (χ3v) is 4.06. The Balaban J connectivity index is 1.97. The molecule has 0 spiro atoms. The largest absolute Gasteiger partial charge is 0.435 e. The van der Waals surface area contributed by atoms with Crippen LogP contribution in [0.3, 0.4) is 0 Å². The molecular weight excluding hydrogens is 306 g/mol. The summed E-state index contributed by atoms with van der Waals surface area (Å²) in [6, 6.07) is 5.79. The molecule has 1 fully saturated rings. The number of nitrogens with one attached hydrogen (secondary N) is 2. The maximum atomic E-state index is 12.3. The average Bonchev–Trinajstić information content (AvgIpc) is 2.53. The number of amides is 1. The Kier molecular flexibility index (Phi) is 6.29. The van der Waals surface area contributed by atoms with Gasteiger partial charge in [0.25, 0.3) is 5.91 Å². The topological polar surface area (TPSA) is 59.6 Å². The first-order valence-corrected chi connectivity index (χ1v) is 7.57. The van der Waals surface area contributed by atoms with Gasteiger partial charge in [-0.2, -0.15) is 8.78 Å². The first kappa shape index (κ1) is 17.6. The van der Waals surface area contributed by atoms with E-state index in [0.717, 1.165) is 25.9 Å². The molecule has 0 aliphatic carbocycles. The number of methoxy groups -OCH3 is 1. The van der Waals surface area contributed by atoms with Gasteiger partial charge in [-0.15, -0.1) is 0 Å². The highest BCUT2D eigenvalue weighted by Gasteiger charge is 2.32. The number of carbonyl (C=O) groups excluding carboxylic acids is 1. The highest BCUT2D eigenvalue weighted by molar-refractivity contribution is 5.94. The van der Waals surface area contributed by atoms with Crippen LogP contribution in [-0.2, 0) is 4.74 Å². The van der Waals surface area contributed by atoms with Gasteiger partial charge in [0.15, 0.2) is 0 Å². The Bertz CT molecular complexity index is 514. The van der Waals surface area contributed by atoms with Crippen LogP contribution in [0.5, 0.6) is 5.75 Å². The van der Waals surface area contributed by atoms with Gasteiger partial charge in [0.05, 0.1) is 6.61 Å². The summed E-state index contributed by atoms with van der Waals surface area (Å²) in [7, 11) is 1.65. The van der Waals surface area contributed by atoms with Gasteiger partial charge in [0, 0.05) is 24.6 Å². The molecule has 0 saturated carbocycles.